The Morgan fingerprint density at radius 3 is 2.48 bits per heavy atom. The molecule has 21 heavy (non-hydrogen) atoms. The predicted molar refractivity (Wildman–Crippen MR) is 78.1 cm³/mol. The molecule has 0 fully saturated rings. The molecule has 0 aromatic heterocycles. The molecular formula is C16H16F2N2O. The lowest BCUT2D eigenvalue weighted by Gasteiger charge is -2.17. The average molecular weight is 290 g/mol. The minimum absolute atomic E-state index is 0.198. The van der Waals surface area contributed by atoms with Gasteiger partial charge < -0.3 is 10.6 Å². The molecule has 2 aromatic carbocycles. The summed E-state index contributed by atoms with van der Waals surface area (Å²) in [6, 6.07) is 10.2. The van der Waals surface area contributed by atoms with E-state index in [4.69, 9.17) is 0 Å². The van der Waals surface area contributed by atoms with Crippen molar-refractivity contribution >= 4 is 11.7 Å². The third-order valence-corrected chi connectivity index (χ3v) is 3.18. The molecule has 1 atom stereocenters. The first-order valence-corrected chi connectivity index (χ1v) is 6.55. The molecule has 2 rings (SSSR count). The molecule has 0 aliphatic rings. The van der Waals surface area contributed by atoms with Gasteiger partial charge in [-0.05, 0) is 37.1 Å². The molecule has 2 N–H and O–H groups in total. The van der Waals surface area contributed by atoms with E-state index in [1.807, 2.05) is 38.1 Å². The fourth-order valence-electron chi connectivity index (χ4n) is 2.09. The van der Waals surface area contributed by atoms with Crippen molar-refractivity contribution in [1.29, 1.82) is 0 Å². The van der Waals surface area contributed by atoms with Gasteiger partial charge in [0, 0.05) is 11.8 Å². The highest BCUT2D eigenvalue weighted by molar-refractivity contribution is 5.89. The average Bonchev–Trinajstić information content (AvgIpc) is 2.43. The topological polar surface area (TPSA) is 41.1 Å². The van der Waals surface area contributed by atoms with Crippen LogP contribution in [0.1, 0.15) is 24.1 Å². The van der Waals surface area contributed by atoms with Crippen LogP contribution in [0.2, 0.25) is 0 Å². The van der Waals surface area contributed by atoms with Gasteiger partial charge in [0.15, 0.2) is 11.6 Å². The summed E-state index contributed by atoms with van der Waals surface area (Å²) in [6.45, 7) is 3.81. The van der Waals surface area contributed by atoms with Gasteiger partial charge >= 0.3 is 6.03 Å². The van der Waals surface area contributed by atoms with Crippen molar-refractivity contribution in [3.63, 3.8) is 0 Å². The second-order valence-corrected chi connectivity index (χ2v) is 4.81. The third-order valence-electron chi connectivity index (χ3n) is 3.18. The Bertz CT molecular complexity index is 658. The summed E-state index contributed by atoms with van der Waals surface area (Å²) in [7, 11) is 0. The zero-order valence-electron chi connectivity index (χ0n) is 11.8. The fraction of sp³-hybridized carbons (Fsp3) is 0.188. The molecule has 0 radical (unpaired) electrons. The number of nitrogens with one attached hydrogen (secondary N) is 2. The van der Waals surface area contributed by atoms with E-state index >= 15 is 0 Å². The van der Waals surface area contributed by atoms with Crippen LogP contribution in [0.25, 0.3) is 0 Å². The first-order valence-electron chi connectivity index (χ1n) is 6.55. The third kappa shape index (κ3) is 3.78. The molecule has 2 aromatic rings. The summed E-state index contributed by atoms with van der Waals surface area (Å²) in [5.41, 5.74) is 2.26. The second-order valence-electron chi connectivity index (χ2n) is 4.81. The smallest absolute Gasteiger partial charge is 0.319 e. The van der Waals surface area contributed by atoms with E-state index in [1.165, 1.54) is 6.07 Å². The van der Waals surface area contributed by atoms with Crippen molar-refractivity contribution in [2.75, 3.05) is 5.32 Å². The van der Waals surface area contributed by atoms with Crippen LogP contribution < -0.4 is 10.6 Å². The number of benzene rings is 2. The first-order chi connectivity index (χ1) is 9.97. The Morgan fingerprint density at radius 2 is 1.81 bits per heavy atom. The van der Waals surface area contributed by atoms with Crippen LogP contribution in [0.15, 0.2) is 42.5 Å². The van der Waals surface area contributed by atoms with E-state index < -0.39 is 17.7 Å². The van der Waals surface area contributed by atoms with E-state index in [-0.39, 0.29) is 11.7 Å². The van der Waals surface area contributed by atoms with Crippen molar-refractivity contribution in [2.24, 2.45) is 0 Å². The molecule has 0 saturated carbocycles. The highest BCUT2D eigenvalue weighted by Crippen LogP contribution is 2.17. The Kier molecular flexibility index (Phi) is 4.52. The zero-order valence-corrected chi connectivity index (χ0v) is 11.8. The summed E-state index contributed by atoms with van der Waals surface area (Å²) in [5.74, 6) is -1.95. The molecule has 5 heteroatoms. The van der Waals surface area contributed by atoms with Crippen LogP contribution in [-0.4, -0.2) is 6.03 Å². The van der Waals surface area contributed by atoms with E-state index in [0.29, 0.717) is 0 Å². The van der Waals surface area contributed by atoms with Crippen molar-refractivity contribution in [3.8, 4) is 0 Å². The van der Waals surface area contributed by atoms with Gasteiger partial charge in [-0.3, -0.25) is 0 Å². The van der Waals surface area contributed by atoms with Crippen LogP contribution in [0.5, 0.6) is 0 Å². The highest BCUT2D eigenvalue weighted by atomic mass is 19.2. The maximum atomic E-state index is 13.1. The first kappa shape index (κ1) is 15.0. The highest BCUT2D eigenvalue weighted by Gasteiger charge is 2.12. The molecule has 0 heterocycles. The number of carbonyl (C=O) groups is 1. The van der Waals surface area contributed by atoms with E-state index in [1.54, 1.807) is 0 Å². The summed E-state index contributed by atoms with van der Waals surface area (Å²) < 4.78 is 25.9. The molecule has 0 saturated heterocycles. The molecule has 2 amide bonds. The minimum atomic E-state index is -1.00. The molecule has 1 unspecified atom stereocenters. The van der Waals surface area contributed by atoms with E-state index in [2.05, 4.69) is 10.6 Å². The van der Waals surface area contributed by atoms with Crippen molar-refractivity contribution in [3.05, 3.63) is 65.2 Å². The molecule has 3 nitrogen and oxygen atoms in total. The summed E-state index contributed by atoms with van der Waals surface area (Å²) in [6.07, 6.45) is 0. The largest absolute Gasteiger partial charge is 0.331 e. The van der Waals surface area contributed by atoms with Gasteiger partial charge in [0.1, 0.15) is 0 Å². The maximum Gasteiger partial charge on any atom is 0.319 e. The van der Waals surface area contributed by atoms with Gasteiger partial charge in [0.2, 0.25) is 0 Å². The quantitative estimate of drug-likeness (QED) is 0.875. The number of carbonyl (C=O) groups excluding carboxylic acids is 1. The monoisotopic (exact) mass is 290 g/mol. The van der Waals surface area contributed by atoms with Gasteiger partial charge in [-0.1, -0.05) is 24.3 Å². The van der Waals surface area contributed by atoms with Crippen molar-refractivity contribution < 1.29 is 13.6 Å². The lowest BCUT2D eigenvalue weighted by Crippen LogP contribution is -2.31. The second kappa shape index (κ2) is 6.35. The minimum Gasteiger partial charge on any atom is -0.331 e. The van der Waals surface area contributed by atoms with Gasteiger partial charge in [-0.2, -0.15) is 0 Å². The molecule has 0 spiro atoms. The van der Waals surface area contributed by atoms with E-state index in [9.17, 15) is 13.6 Å². The predicted octanol–water partition coefficient (Wildman–Crippen LogP) is 4.16. The number of amides is 2. The number of urea groups is 1. The van der Waals surface area contributed by atoms with Crippen LogP contribution in [0.3, 0.4) is 0 Å². The standard InChI is InChI=1S/C16H16F2N2O/c1-10-5-3-4-6-13(10)11(2)19-16(21)20-12-7-8-14(17)15(18)9-12/h3-9,11H,1-2H3,(H2,19,20,21). The zero-order chi connectivity index (χ0) is 15.4. The van der Waals surface area contributed by atoms with Crippen molar-refractivity contribution in [1.82, 2.24) is 5.32 Å². The number of aryl methyl sites for hydroxylation is 1. The summed E-state index contributed by atoms with van der Waals surface area (Å²) >= 11 is 0. The SMILES string of the molecule is Cc1ccccc1C(C)NC(=O)Nc1ccc(F)c(F)c1. The summed E-state index contributed by atoms with van der Waals surface area (Å²) in [5, 5.41) is 5.23. The molecule has 0 aliphatic heterocycles. The normalized spacial score (nSPS) is 11.8. The lowest BCUT2D eigenvalue weighted by atomic mass is 10.0. The van der Waals surface area contributed by atoms with Crippen molar-refractivity contribution in [2.45, 2.75) is 19.9 Å². The number of rotatable bonds is 3. The van der Waals surface area contributed by atoms with Crippen LogP contribution in [0, 0.1) is 18.6 Å². The van der Waals surface area contributed by atoms with Gasteiger partial charge in [0.05, 0.1) is 6.04 Å². The maximum absolute atomic E-state index is 13.1. The number of hydrogen-bond donors (Lipinski definition) is 2. The van der Waals surface area contributed by atoms with Gasteiger partial charge in [0.25, 0.3) is 0 Å². The Balaban J connectivity index is 2.01. The van der Waals surface area contributed by atoms with Crippen LogP contribution >= 0.6 is 0 Å². The van der Waals surface area contributed by atoms with E-state index in [0.717, 1.165) is 23.3 Å². The Morgan fingerprint density at radius 1 is 1.10 bits per heavy atom. The van der Waals surface area contributed by atoms with Gasteiger partial charge in [-0.15, -0.1) is 0 Å². The van der Waals surface area contributed by atoms with Crippen LogP contribution in [0.4, 0.5) is 19.3 Å². The molecule has 0 bridgehead atoms. The Labute approximate surface area is 122 Å². The number of hydrogen-bond acceptors (Lipinski definition) is 1. The molecule has 0 aliphatic carbocycles. The van der Waals surface area contributed by atoms with Crippen LogP contribution in [-0.2, 0) is 0 Å². The number of halogens is 2. The number of anilines is 1. The summed E-state index contributed by atoms with van der Waals surface area (Å²) in [4.78, 5) is 11.9. The fourth-order valence-corrected chi connectivity index (χ4v) is 2.09. The lowest BCUT2D eigenvalue weighted by molar-refractivity contribution is 0.249. The molecular weight excluding hydrogens is 274 g/mol. The molecule has 110 valence electrons. The van der Waals surface area contributed by atoms with Gasteiger partial charge in [-0.25, -0.2) is 13.6 Å². The Hall–Kier alpha value is -2.43.